The smallest absolute Gasteiger partial charge is 0.289 e. The van der Waals surface area contributed by atoms with E-state index in [0.29, 0.717) is 6.07 Å². The molecule has 0 saturated carbocycles. The molecule has 0 atom stereocenters. The summed E-state index contributed by atoms with van der Waals surface area (Å²) >= 11 is 0. The van der Waals surface area contributed by atoms with Crippen LogP contribution >= 0.6 is 0 Å². The second-order valence-electron chi connectivity index (χ2n) is 6.68. The first kappa shape index (κ1) is 22.7. The summed E-state index contributed by atoms with van der Waals surface area (Å²) in [5, 5.41) is 13.3. The molecule has 1 aliphatic rings. The van der Waals surface area contributed by atoms with Crippen LogP contribution in [-0.2, 0) is 14.8 Å². The number of sulfonamides is 1. The van der Waals surface area contributed by atoms with E-state index in [-0.39, 0.29) is 32.7 Å². The van der Waals surface area contributed by atoms with Crippen LogP contribution in [0.3, 0.4) is 0 Å². The van der Waals surface area contributed by atoms with Crippen molar-refractivity contribution in [2.24, 2.45) is 0 Å². The molecule has 9 nitrogen and oxygen atoms in total. The fraction of sp³-hybridized carbons (Fsp3) is 0.278. The fourth-order valence-corrected chi connectivity index (χ4v) is 4.69. The summed E-state index contributed by atoms with van der Waals surface area (Å²) in [7, 11) is -4.11. The molecule has 1 N–H and O–H groups in total. The zero-order valence-electron chi connectivity index (χ0n) is 15.9. The van der Waals surface area contributed by atoms with Crippen molar-refractivity contribution < 1.29 is 31.3 Å². The molecule has 31 heavy (non-hydrogen) atoms. The Morgan fingerprint density at radius 1 is 1.03 bits per heavy atom. The summed E-state index contributed by atoms with van der Waals surface area (Å²) in [6.07, 6.45) is 0. The van der Waals surface area contributed by atoms with E-state index in [9.17, 15) is 36.5 Å². The predicted molar refractivity (Wildman–Crippen MR) is 103 cm³/mol. The van der Waals surface area contributed by atoms with Crippen molar-refractivity contribution in [1.82, 2.24) is 9.21 Å². The molecule has 0 bridgehead atoms. The molecule has 1 aliphatic heterocycles. The number of hydrogen-bond donors (Lipinski definition) is 1. The Bertz CT molecular complexity index is 1120. The number of anilines is 1. The third-order valence-corrected chi connectivity index (χ3v) is 6.63. The number of halogens is 3. The summed E-state index contributed by atoms with van der Waals surface area (Å²) in [4.78, 5) is 23.6. The molecule has 0 aromatic heterocycles. The molecule has 1 saturated heterocycles. The minimum Gasteiger partial charge on any atom is -0.322 e. The van der Waals surface area contributed by atoms with Crippen LogP contribution in [0.4, 0.5) is 24.5 Å². The van der Waals surface area contributed by atoms with Crippen LogP contribution in [0.15, 0.2) is 41.3 Å². The minimum atomic E-state index is -4.11. The number of carbonyl (C=O) groups excluding carboxylic acids is 1. The summed E-state index contributed by atoms with van der Waals surface area (Å²) in [6.45, 7) is -0.0265. The van der Waals surface area contributed by atoms with E-state index in [2.05, 4.69) is 5.32 Å². The highest BCUT2D eigenvalue weighted by atomic mass is 32.2. The highest BCUT2D eigenvalue weighted by Gasteiger charge is 2.33. The van der Waals surface area contributed by atoms with E-state index in [0.717, 1.165) is 22.5 Å². The number of amides is 1. The van der Waals surface area contributed by atoms with Crippen molar-refractivity contribution in [3.63, 3.8) is 0 Å². The molecular weight excluding hydrogens is 441 g/mol. The first-order chi connectivity index (χ1) is 14.6. The molecule has 2 aromatic rings. The van der Waals surface area contributed by atoms with Crippen molar-refractivity contribution in [2.75, 3.05) is 38.0 Å². The zero-order valence-corrected chi connectivity index (χ0v) is 16.7. The number of nitro benzene ring substituents is 1. The highest BCUT2D eigenvalue weighted by molar-refractivity contribution is 7.89. The molecule has 1 amide bonds. The number of benzene rings is 2. The van der Waals surface area contributed by atoms with Gasteiger partial charge in [-0.3, -0.25) is 19.8 Å². The van der Waals surface area contributed by atoms with Crippen molar-refractivity contribution >= 4 is 27.3 Å². The number of nitrogens with one attached hydrogen (secondary N) is 1. The average molecular weight is 458 g/mol. The van der Waals surface area contributed by atoms with Gasteiger partial charge in [0.2, 0.25) is 15.9 Å². The SMILES string of the molecule is O=C(CN1CCN(S(=O)(=O)c2ccccc2[N+](=O)[O-])CC1)Nc1ccc(F)c(F)c1F. The van der Waals surface area contributed by atoms with Gasteiger partial charge in [0, 0.05) is 32.2 Å². The molecule has 1 heterocycles. The van der Waals surface area contributed by atoms with Gasteiger partial charge in [-0.1, -0.05) is 12.1 Å². The second kappa shape index (κ2) is 8.99. The fourth-order valence-electron chi connectivity index (χ4n) is 3.11. The van der Waals surface area contributed by atoms with Crippen LogP contribution in [0.5, 0.6) is 0 Å². The highest BCUT2D eigenvalue weighted by Crippen LogP contribution is 2.27. The van der Waals surface area contributed by atoms with Crippen LogP contribution < -0.4 is 5.32 Å². The third-order valence-electron chi connectivity index (χ3n) is 4.69. The monoisotopic (exact) mass is 458 g/mol. The molecule has 3 rings (SSSR count). The van der Waals surface area contributed by atoms with Crippen molar-refractivity contribution in [3.8, 4) is 0 Å². The number of nitrogens with zero attached hydrogens (tertiary/aromatic N) is 3. The summed E-state index contributed by atoms with van der Waals surface area (Å²) in [5.41, 5.74) is -1.04. The first-order valence-corrected chi connectivity index (χ1v) is 10.4. The first-order valence-electron chi connectivity index (χ1n) is 9.00. The lowest BCUT2D eigenvalue weighted by atomic mass is 10.2. The van der Waals surface area contributed by atoms with E-state index in [1.165, 1.54) is 12.1 Å². The van der Waals surface area contributed by atoms with Gasteiger partial charge in [-0.2, -0.15) is 4.31 Å². The quantitative estimate of drug-likeness (QED) is 0.402. The number of nitro groups is 1. The standard InChI is InChI=1S/C18H17F3N4O5S/c19-12-5-6-13(18(21)17(12)20)22-16(26)11-23-7-9-24(10-8-23)31(29,30)15-4-2-1-3-14(15)25(27)28/h1-6H,7-11H2,(H,22,26). The van der Waals surface area contributed by atoms with Crippen LogP contribution in [0, 0.1) is 27.6 Å². The third kappa shape index (κ3) is 4.84. The van der Waals surface area contributed by atoms with Gasteiger partial charge in [-0.05, 0) is 18.2 Å². The Balaban J connectivity index is 1.62. The Hall–Kier alpha value is -3.03. The maximum Gasteiger partial charge on any atom is 0.289 e. The Labute approximate surface area is 175 Å². The van der Waals surface area contributed by atoms with Gasteiger partial charge in [-0.25, -0.2) is 21.6 Å². The van der Waals surface area contributed by atoms with Gasteiger partial charge in [0.1, 0.15) is 0 Å². The molecule has 13 heteroatoms. The lowest BCUT2D eigenvalue weighted by molar-refractivity contribution is -0.387. The molecule has 166 valence electrons. The molecule has 0 spiro atoms. The Morgan fingerprint density at radius 3 is 2.32 bits per heavy atom. The van der Waals surface area contributed by atoms with Crippen LogP contribution in [-0.4, -0.2) is 61.2 Å². The lowest BCUT2D eigenvalue weighted by Crippen LogP contribution is -2.50. The maximum absolute atomic E-state index is 13.7. The second-order valence-corrected chi connectivity index (χ2v) is 8.58. The van der Waals surface area contributed by atoms with Gasteiger partial charge in [0.25, 0.3) is 5.69 Å². The minimum absolute atomic E-state index is 0.0266. The summed E-state index contributed by atoms with van der Waals surface area (Å²) in [6, 6.07) is 6.58. The van der Waals surface area contributed by atoms with Crippen molar-refractivity contribution in [1.29, 1.82) is 0 Å². The summed E-state index contributed by atoms with van der Waals surface area (Å²) < 4.78 is 66.6. The van der Waals surface area contributed by atoms with Crippen LogP contribution in [0.2, 0.25) is 0 Å². The normalized spacial score (nSPS) is 15.6. The van der Waals surface area contributed by atoms with E-state index in [1.807, 2.05) is 0 Å². The molecule has 0 radical (unpaired) electrons. The number of hydrogen-bond acceptors (Lipinski definition) is 6. The van der Waals surface area contributed by atoms with E-state index in [4.69, 9.17) is 0 Å². The van der Waals surface area contributed by atoms with Crippen molar-refractivity contribution in [2.45, 2.75) is 4.90 Å². The van der Waals surface area contributed by atoms with E-state index in [1.54, 1.807) is 4.90 Å². The van der Waals surface area contributed by atoms with Crippen LogP contribution in [0.1, 0.15) is 0 Å². The molecule has 1 fully saturated rings. The van der Waals surface area contributed by atoms with E-state index >= 15 is 0 Å². The van der Waals surface area contributed by atoms with Gasteiger partial charge >= 0.3 is 0 Å². The van der Waals surface area contributed by atoms with E-state index < -0.39 is 54.6 Å². The Kier molecular flexibility index (Phi) is 6.57. The van der Waals surface area contributed by atoms with Gasteiger partial charge in [0.05, 0.1) is 17.2 Å². The molecular formula is C18H17F3N4O5S. The van der Waals surface area contributed by atoms with Crippen LogP contribution in [0.25, 0.3) is 0 Å². The van der Waals surface area contributed by atoms with Gasteiger partial charge in [0.15, 0.2) is 22.3 Å². The molecule has 0 aliphatic carbocycles. The zero-order chi connectivity index (χ0) is 22.8. The van der Waals surface area contributed by atoms with Crippen molar-refractivity contribution in [3.05, 3.63) is 64.0 Å². The molecule has 2 aromatic carbocycles. The predicted octanol–water partition coefficient (Wildman–Crippen LogP) is 1.96. The number of rotatable bonds is 6. The topological polar surface area (TPSA) is 113 Å². The lowest BCUT2D eigenvalue weighted by Gasteiger charge is -2.33. The summed E-state index contributed by atoms with van der Waals surface area (Å²) in [5.74, 6) is -5.30. The van der Waals surface area contributed by atoms with Gasteiger partial charge < -0.3 is 5.32 Å². The average Bonchev–Trinajstić information content (AvgIpc) is 2.74. The number of piperazine rings is 1. The largest absolute Gasteiger partial charge is 0.322 e. The maximum atomic E-state index is 13.7. The van der Waals surface area contributed by atoms with Gasteiger partial charge in [-0.15, -0.1) is 0 Å². The Morgan fingerprint density at radius 2 is 1.68 bits per heavy atom. The molecule has 0 unspecified atom stereocenters. The number of carbonyl (C=O) groups is 1. The number of para-hydroxylation sites is 1.